The van der Waals surface area contributed by atoms with E-state index in [0.717, 1.165) is 19.5 Å². The largest absolute Gasteiger partial charge is 0.375 e. The van der Waals surface area contributed by atoms with E-state index in [9.17, 15) is 0 Å². The minimum atomic E-state index is 0.0327. The van der Waals surface area contributed by atoms with E-state index in [2.05, 4.69) is 43.4 Å². The summed E-state index contributed by atoms with van der Waals surface area (Å²) >= 11 is 0. The van der Waals surface area contributed by atoms with Gasteiger partial charge in [0.1, 0.15) is 0 Å². The number of benzene rings is 1. The SMILES string of the molecule is COC1(Cc2ccccc2C(C)C)CNC1. The van der Waals surface area contributed by atoms with Gasteiger partial charge in [0.2, 0.25) is 0 Å². The molecule has 0 bridgehead atoms. The molecule has 2 nitrogen and oxygen atoms in total. The third-order valence-corrected chi connectivity index (χ3v) is 3.52. The van der Waals surface area contributed by atoms with Gasteiger partial charge in [-0.1, -0.05) is 38.1 Å². The summed E-state index contributed by atoms with van der Waals surface area (Å²) in [5.74, 6) is 0.582. The summed E-state index contributed by atoms with van der Waals surface area (Å²) in [6.45, 7) is 6.43. The smallest absolute Gasteiger partial charge is 0.0966 e. The molecule has 1 aromatic rings. The van der Waals surface area contributed by atoms with Gasteiger partial charge in [-0.05, 0) is 17.0 Å². The molecule has 0 saturated carbocycles. The van der Waals surface area contributed by atoms with Gasteiger partial charge in [-0.15, -0.1) is 0 Å². The Balaban J connectivity index is 2.20. The number of rotatable bonds is 4. The second-order valence-corrected chi connectivity index (χ2v) is 5.02. The molecule has 0 radical (unpaired) electrons. The van der Waals surface area contributed by atoms with E-state index in [1.165, 1.54) is 11.1 Å². The highest BCUT2D eigenvalue weighted by Gasteiger charge is 2.37. The van der Waals surface area contributed by atoms with Crippen LogP contribution in [0.25, 0.3) is 0 Å². The fraction of sp³-hybridized carbons (Fsp3) is 0.571. The average Bonchev–Trinajstić information content (AvgIpc) is 2.24. The number of nitrogens with one attached hydrogen (secondary N) is 1. The number of hydrogen-bond acceptors (Lipinski definition) is 2. The fourth-order valence-corrected chi connectivity index (χ4v) is 2.35. The van der Waals surface area contributed by atoms with Crippen molar-refractivity contribution in [2.45, 2.75) is 31.8 Å². The van der Waals surface area contributed by atoms with E-state index in [4.69, 9.17) is 4.74 Å². The molecule has 0 amide bonds. The minimum Gasteiger partial charge on any atom is -0.375 e. The molecule has 2 heteroatoms. The van der Waals surface area contributed by atoms with Crippen LogP contribution in [0.3, 0.4) is 0 Å². The summed E-state index contributed by atoms with van der Waals surface area (Å²) in [6, 6.07) is 8.71. The van der Waals surface area contributed by atoms with Crippen LogP contribution in [-0.4, -0.2) is 25.8 Å². The lowest BCUT2D eigenvalue weighted by molar-refractivity contribution is -0.0503. The van der Waals surface area contributed by atoms with E-state index in [-0.39, 0.29) is 5.60 Å². The van der Waals surface area contributed by atoms with Crippen LogP contribution in [0.1, 0.15) is 30.9 Å². The third kappa shape index (κ3) is 2.13. The van der Waals surface area contributed by atoms with Gasteiger partial charge in [0.25, 0.3) is 0 Å². The van der Waals surface area contributed by atoms with Crippen molar-refractivity contribution in [2.24, 2.45) is 0 Å². The first-order valence-corrected chi connectivity index (χ1v) is 6.00. The zero-order valence-electron chi connectivity index (χ0n) is 10.4. The zero-order chi connectivity index (χ0) is 11.6. The Hall–Kier alpha value is -0.860. The quantitative estimate of drug-likeness (QED) is 0.839. The van der Waals surface area contributed by atoms with E-state index < -0.39 is 0 Å². The summed E-state index contributed by atoms with van der Waals surface area (Å²) in [7, 11) is 1.82. The molecule has 2 rings (SSSR count). The highest BCUT2D eigenvalue weighted by Crippen LogP contribution is 2.27. The Morgan fingerprint density at radius 1 is 1.31 bits per heavy atom. The Kier molecular flexibility index (Phi) is 3.31. The molecule has 1 heterocycles. The molecule has 0 spiro atoms. The average molecular weight is 219 g/mol. The lowest BCUT2D eigenvalue weighted by Crippen LogP contribution is -2.62. The molecule has 0 unspecified atom stereocenters. The van der Waals surface area contributed by atoms with Crippen molar-refractivity contribution in [1.82, 2.24) is 5.32 Å². The maximum atomic E-state index is 5.65. The van der Waals surface area contributed by atoms with Gasteiger partial charge in [-0.2, -0.15) is 0 Å². The maximum Gasteiger partial charge on any atom is 0.0966 e. The molecule has 1 aromatic carbocycles. The van der Waals surface area contributed by atoms with Crippen LogP contribution in [0.5, 0.6) is 0 Å². The lowest BCUT2D eigenvalue weighted by Gasteiger charge is -2.42. The number of methoxy groups -OCH3 is 1. The highest BCUT2D eigenvalue weighted by atomic mass is 16.5. The fourth-order valence-electron chi connectivity index (χ4n) is 2.35. The van der Waals surface area contributed by atoms with Crippen LogP contribution in [0, 0.1) is 0 Å². The van der Waals surface area contributed by atoms with Gasteiger partial charge in [0, 0.05) is 26.6 Å². The Morgan fingerprint density at radius 3 is 2.50 bits per heavy atom. The molecule has 0 aliphatic carbocycles. The molecule has 1 saturated heterocycles. The van der Waals surface area contributed by atoms with Crippen LogP contribution in [0.2, 0.25) is 0 Å². The molecule has 88 valence electrons. The first-order chi connectivity index (χ1) is 7.67. The Bertz CT molecular complexity index is 350. The highest BCUT2D eigenvalue weighted by molar-refractivity contribution is 5.31. The van der Waals surface area contributed by atoms with Gasteiger partial charge in [0.15, 0.2) is 0 Å². The predicted molar refractivity (Wildman–Crippen MR) is 66.8 cm³/mol. The standard InChI is InChI=1S/C14H21NO/c1-11(2)13-7-5-4-6-12(13)8-14(16-3)9-15-10-14/h4-7,11,15H,8-10H2,1-3H3. The molecule has 1 aliphatic rings. The van der Waals surface area contributed by atoms with Crippen LogP contribution >= 0.6 is 0 Å². The van der Waals surface area contributed by atoms with Crippen LogP contribution in [0.15, 0.2) is 24.3 Å². The lowest BCUT2D eigenvalue weighted by atomic mass is 9.85. The van der Waals surface area contributed by atoms with Crippen molar-refractivity contribution in [3.05, 3.63) is 35.4 Å². The van der Waals surface area contributed by atoms with Gasteiger partial charge in [-0.25, -0.2) is 0 Å². The van der Waals surface area contributed by atoms with Crippen molar-refractivity contribution >= 4 is 0 Å². The van der Waals surface area contributed by atoms with E-state index in [1.807, 2.05) is 7.11 Å². The summed E-state index contributed by atoms with van der Waals surface area (Å²) in [5.41, 5.74) is 2.91. The second-order valence-electron chi connectivity index (χ2n) is 5.02. The second kappa shape index (κ2) is 4.56. The van der Waals surface area contributed by atoms with Crippen molar-refractivity contribution in [2.75, 3.05) is 20.2 Å². The van der Waals surface area contributed by atoms with E-state index >= 15 is 0 Å². The topological polar surface area (TPSA) is 21.3 Å². The van der Waals surface area contributed by atoms with Gasteiger partial charge in [0.05, 0.1) is 5.60 Å². The molecule has 1 fully saturated rings. The number of ether oxygens (including phenoxy) is 1. The Labute approximate surface area is 98.0 Å². The summed E-state index contributed by atoms with van der Waals surface area (Å²) < 4.78 is 5.65. The summed E-state index contributed by atoms with van der Waals surface area (Å²) in [4.78, 5) is 0. The maximum absolute atomic E-state index is 5.65. The van der Waals surface area contributed by atoms with Gasteiger partial charge < -0.3 is 10.1 Å². The normalized spacial score (nSPS) is 18.5. The van der Waals surface area contributed by atoms with Crippen molar-refractivity contribution in [1.29, 1.82) is 0 Å². The Morgan fingerprint density at radius 2 is 2.00 bits per heavy atom. The van der Waals surface area contributed by atoms with Crippen LogP contribution in [-0.2, 0) is 11.2 Å². The zero-order valence-corrected chi connectivity index (χ0v) is 10.4. The van der Waals surface area contributed by atoms with Gasteiger partial charge in [-0.3, -0.25) is 0 Å². The van der Waals surface area contributed by atoms with Crippen LogP contribution < -0.4 is 5.32 Å². The molecule has 0 atom stereocenters. The molecule has 0 aromatic heterocycles. The molecular weight excluding hydrogens is 198 g/mol. The van der Waals surface area contributed by atoms with Crippen molar-refractivity contribution in [3.8, 4) is 0 Å². The predicted octanol–water partition coefficient (Wildman–Crippen LogP) is 2.34. The van der Waals surface area contributed by atoms with Crippen molar-refractivity contribution < 1.29 is 4.74 Å². The van der Waals surface area contributed by atoms with Crippen molar-refractivity contribution in [3.63, 3.8) is 0 Å². The first kappa shape index (κ1) is 11.6. The third-order valence-electron chi connectivity index (χ3n) is 3.52. The van der Waals surface area contributed by atoms with E-state index in [1.54, 1.807) is 0 Å². The monoisotopic (exact) mass is 219 g/mol. The van der Waals surface area contributed by atoms with E-state index in [0.29, 0.717) is 5.92 Å². The molecule has 1 N–H and O–H groups in total. The summed E-state index contributed by atoms with van der Waals surface area (Å²) in [6.07, 6.45) is 1.02. The van der Waals surface area contributed by atoms with Crippen LogP contribution in [0.4, 0.5) is 0 Å². The number of hydrogen-bond donors (Lipinski definition) is 1. The molecule has 16 heavy (non-hydrogen) atoms. The van der Waals surface area contributed by atoms with Gasteiger partial charge >= 0.3 is 0 Å². The molecular formula is C14H21NO. The molecule has 1 aliphatic heterocycles. The summed E-state index contributed by atoms with van der Waals surface area (Å²) in [5, 5.41) is 3.30. The minimum absolute atomic E-state index is 0.0327. The first-order valence-electron chi connectivity index (χ1n) is 6.00.